The Morgan fingerprint density at radius 2 is 2.12 bits per heavy atom. The van der Waals surface area contributed by atoms with Crippen LogP contribution in [0, 0.1) is 12.7 Å². The van der Waals surface area contributed by atoms with Gasteiger partial charge in [0.05, 0.1) is 18.4 Å². The van der Waals surface area contributed by atoms with Crippen molar-refractivity contribution in [2.45, 2.75) is 32.5 Å². The zero-order valence-corrected chi connectivity index (χ0v) is 18.3. The summed E-state index contributed by atoms with van der Waals surface area (Å²) in [5.41, 5.74) is 8.54. The Bertz CT molecular complexity index is 1250. The number of carbonyl (C=O) groups is 1. The molecule has 0 saturated carbocycles. The SMILES string of the molecule is Cc1c(-c2cc3cc(NC(=O)O[C@@H]4CCO[C@@H]4C)ncc3c(N)c2F)cnc2c1NCCO2. The Morgan fingerprint density at radius 1 is 1.27 bits per heavy atom. The number of hydrogen-bond acceptors (Lipinski definition) is 8. The number of nitrogen functional groups attached to an aromatic ring is 1. The van der Waals surface area contributed by atoms with Gasteiger partial charge in [0.2, 0.25) is 5.88 Å². The predicted octanol–water partition coefficient (Wildman–Crippen LogP) is 3.86. The van der Waals surface area contributed by atoms with Gasteiger partial charge in [0.1, 0.15) is 24.2 Å². The highest BCUT2D eigenvalue weighted by atomic mass is 19.1. The van der Waals surface area contributed by atoms with Gasteiger partial charge in [-0.05, 0) is 36.9 Å². The van der Waals surface area contributed by atoms with Crippen molar-refractivity contribution in [3.8, 4) is 17.0 Å². The minimum absolute atomic E-state index is 0.0256. The summed E-state index contributed by atoms with van der Waals surface area (Å²) < 4.78 is 31.7. The second-order valence-electron chi connectivity index (χ2n) is 8.13. The molecule has 1 aromatic carbocycles. The summed E-state index contributed by atoms with van der Waals surface area (Å²) in [6.45, 7) is 5.45. The quantitative estimate of drug-likeness (QED) is 0.512. The molecule has 172 valence electrons. The molecule has 1 fully saturated rings. The normalized spacial score (nSPS) is 19.5. The molecule has 0 aliphatic carbocycles. The number of aromatic nitrogens is 2. The largest absolute Gasteiger partial charge is 0.474 e. The second-order valence-corrected chi connectivity index (χ2v) is 8.13. The number of nitrogens with two attached hydrogens (primary N) is 1. The van der Waals surface area contributed by atoms with E-state index in [1.165, 1.54) is 6.20 Å². The molecular weight excluding hydrogens is 429 g/mol. The fourth-order valence-electron chi connectivity index (χ4n) is 4.19. The maximum absolute atomic E-state index is 15.3. The van der Waals surface area contributed by atoms with Gasteiger partial charge in [-0.1, -0.05) is 0 Å². The standard InChI is InChI=1S/C23H24FN5O4/c1-11-15(9-28-22-21(11)26-4-6-32-22)14-7-13-8-18(27-10-16(13)20(25)19(14)24)29-23(30)33-17-3-5-31-12(17)2/h7-10,12,17,26H,3-6,25H2,1-2H3,(H,27,29,30)/t12-,17-/m1/s1. The Hall–Kier alpha value is -3.66. The third-order valence-corrected chi connectivity index (χ3v) is 6.03. The Balaban J connectivity index is 1.48. The zero-order chi connectivity index (χ0) is 23.1. The van der Waals surface area contributed by atoms with Crippen molar-refractivity contribution < 1.29 is 23.4 Å². The molecule has 33 heavy (non-hydrogen) atoms. The van der Waals surface area contributed by atoms with Crippen LogP contribution in [0.25, 0.3) is 21.9 Å². The van der Waals surface area contributed by atoms with Crippen LogP contribution >= 0.6 is 0 Å². The average Bonchev–Trinajstić information content (AvgIpc) is 3.21. The molecule has 5 rings (SSSR count). The van der Waals surface area contributed by atoms with Crippen LogP contribution in [0.2, 0.25) is 0 Å². The number of anilines is 3. The molecule has 2 aromatic heterocycles. The smallest absolute Gasteiger partial charge is 0.413 e. The number of ether oxygens (including phenoxy) is 3. The van der Waals surface area contributed by atoms with E-state index in [-0.39, 0.29) is 23.7 Å². The third kappa shape index (κ3) is 3.86. The van der Waals surface area contributed by atoms with Crippen molar-refractivity contribution in [1.82, 2.24) is 9.97 Å². The summed E-state index contributed by atoms with van der Waals surface area (Å²) in [6, 6.07) is 3.30. The molecule has 0 spiro atoms. The molecule has 2 aliphatic rings. The summed E-state index contributed by atoms with van der Waals surface area (Å²) in [6.07, 6.45) is 2.57. The molecule has 0 bridgehead atoms. The van der Waals surface area contributed by atoms with Crippen molar-refractivity contribution in [2.75, 3.05) is 36.1 Å². The van der Waals surface area contributed by atoms with E-state index < -0.39 is 11.9 Å². The summed E-state index contributed by atoms with van der Waals surface area (Å²) >= 11 is 0. The van der Waals surface area contributed by atoms with E-state index in [1.54, 1.807) is 18.3 Å². The van der Waals surface area contributed by atoms with Gasteiger partial charge in [-0.3, -0.25) is 5.32 Å². The molecule has 2 atom stereocenters. The molecule has 3 aromatic rings. The number of amides is 1. The summed E-state index contributed by atoms with van der Waals surface area (Å²) in [5.74, 6) is 0.209. The van der Waals surface area contributed by atoms with Crippen LogP contribution in [0.3, 0.4) is 0 Å². The van der Waals surface area contributed by atoms with Gasteiger partial charge >= 0.3 is 6.09 Å². The van der Waals surface area contributed by atoms with Crippen LogP contribution in [-0.4, -0.2) is 48.0 Å². The molecule has 0 unspecified atom stereocenters. The maximum Gasteiger partial charge on any atom is 0.413 e. The Labute approximate surface area is 189 Å². The molecule has 1 saturated heterocycles. The van der Waals surface area contributed by atoms with Gasteiger partial charge in [-0.2, -0.15) is 0 Å². The third-order valence-electron chi connectivity index (χ3n) is 6.03. The number of pyridine rings is 2. The summed E-state index contributed by atoms with van der Waals surface area (Å²) in [5, 5.41) is 6.94. The van der Waals surface area contributed by atoms with Crippen molar-refractivity contribution >= 4 is 34.1 Å². The molecule has 10 heteroatoms. The van der Waals surface area contributed by atoms with Crippen molar-refractivity contribution in [2.24, 2.45) is 0 Å². The molecule has 2 aliphatic heterocycles. The number of benzene rings is 1. The van der Waals surface area contributed by atoms with Crippen LogP contribution in [0.15, 0.2) is 24.5 Å². The molecular formula is C23H24FN5O4. The van der Waals surface area contributed by atoms with E-state index in [0.29, 0.717) is 54.0 Å². The molecule has 4 heterocycles. The Kier molecular flexibility index (Phi) is 5.37. The molecule has 4 N–H and O–H groups in total. The Morgan fingerprint density at radius 3 is 2.91 bits per heavy atom. The molecule has 9 nitrogen and oxygen atoms in total. The summed E-state index contributed by atoms with van der Waals surface area (Å²) in [4.78, 5) is 20.8. The van der Waals surface area contributed by atoms with E-state index in [9.17, 15) is 4.79 Å². The first-order valence-electron chi connectivity index (χ1n) is 10.8. The first-order valence-corrected chi connectivity index (χ1v) is 10.8. The highest BCUT2D eigenvalue weighted by Crippen LogP contribution is 2.39. The van der Waals surface area contributed by atoms with E-state index in [0.717, 1.165) is 11.3 Å². The van der Waals surface area contributed by atoms with Crippen molar-refractivity contribution in [3.05, 3.63) is 35.9 Å². The number of halogens is 1. The van der Waals surface area contributed by atoms with Gasteiger partial charge < -0.3 is 25.3 Å². The van der Waals surface area contributed by atoms with Gasteiger partial charge in [0.25, 0.3) is 0 Å². The van der Waals surface area contributed by atoms with Gasteiger partial charge in [-0.25, -0.2) is 19.2 Å². The highest BCUT2D eigenvalue weighted by molar-refractivity contribution is 5.99. The zero-order valence-electron chi connectivity index (χ0n) is 18.3. The fourth-order valence-corrected chi connectivity index (χ4v) is 4.19. The lowest BCUT2D eigenvalue weighted by Gasteiger charge is -2.22. The van der Waals surface area contributed by atoms with Crippen LogP contribution in [0.4, 0.5) is 26.4 Å². The molecule has 0 radical (unpaired) electrons. The number of rotatable bonds is 3. The first kappa shape index (κ1) is 21.2. The number of nitrogens with zero attached hydrogens (tertiary/aromatic N) is 2. The van der Waals surface area contributed by atoms with Crippen molar-refractivity contribution in [1.29, 1.82) is 0 Å². The van der Waals surface area contributed by atoms with Gasteiger partial charge in [-0.15, -0.1) is 0 Å². The minimum atomic E-state index is -0.625. The molecule has 1 amide bonds. The minimum Gasteiger partial charge on any atom is -0.474 e. The van der Waals surface area contributed by atoms with Crippen LogP contribution in [-0.2, 0) is 9.47 Å². The fraction of sp³-hybridized carbons (Fsp3) is 0.348. The number of nitrogens with one attached hydrogen (secondary N) is 2. The lowest BCUT2D eigenvalue weighted by molar-refractivity contribution is 0.0420. The van der Waals surface area contributed by atoms with Gasteiger partial charge in [0.15, 0.2) is 5.82 Å². The lowest BCUT2D eigenvalue weighted by Crippen LogP contribution is -2.27. The van der Waals surface area contributed by atoms with E-state index >= 15 is 4.39 Å². The van der Waals surface area contributed by atoms with Crippen molar-refractivity contribution in [3.63, 3.8) is 0 Å². The van der Waals surface area contributed by atoms with E-state index in [4.69, 9.17) is 19.9 Å². The van der Waals surface area contributed by atoms with E-state index in [1.807, 2.05) is 13.8 Å². The summed E-state index contributed by atoms with van der Waals surface area (Å²) in [7, 11) is 0. The maximum atomic E-state index is 15.3. The van der Waals surface area contributed by atoms with E-state index in [2.05, 4.69) is 20.6 Å². The van der Waals surface area contributed by atoms with Gasteiger partial charge in [0, 0.05) is 41.9 Å². The average molecular weight is 453 g/mol. The topological polar surface area (TPSA) is 121 Å². The first-order chi connectivity index (χ1) is 15.9. The van der Waals surface area contributed by atoms with Crippen LogP contribution in [0.5, 0.6) is 5.88 Å². The predicted molar refractivity (Wildman–Crippen MR) is 122 cm³/mol. The second kappa shape index (κ2) is 8.36. The number of carbonyl (C=O) groups excluding carboxylic acids is 1. The lowest BCUT2D eigenvalue weighted by atomic mass is 9.97. The number of fused-ring (bicyclic) bond motifs is 2. The van der Waals surface area contributed by atoms with Crippen LogP contribution in [0.1, 0.15) is 18.9 Å². The number of hydrogen-bond donors (Lipinski definition) is 3. The monoisotopic (exact) mass is 453 g/mol. The van der Waals surface area contributed by atoms with Crippen LogP contribution < -0.4 is 21.1 Å². The highest BCUT2D eigenvalue weighted by Gasteiger charge is 2.28.